The number of hydrogen-bond acceptors (Lipinski definition) is 2. The van der Waals surface area contributed by atoms with E-state index in [1.54, 1.807) is 7.11 Å². The predicted molar refractivity (Wildman–Crippen MR) is 71.7 cm³/mol. The first kappa shape index (κ1) is 12.4. The minimum absolute atomic E-state index is 0.470. The zero-order valence-corrected chi connectivity index (χ0v) is 11.1. The van der Waals surface area contributed by atoms with E-state index in [0.29, 0.717) is 12.0 Å². The van der Waals surface area contributed by atoms with Crippen molar-refractivity contribution in [2.45, 2.75) is 45.1 Å². The van der Waals surface area contributed by atoms with E-state index in [1.807, 2.05) is 0 Å². The molecule has 0 aliphatic carbocycles. The van der Waals surface area contributed by atoms with E-state index in [2.05, 4.69) is 37.4 Å². The average Bonchev–Trinajstić information content (AvgIpc) is 2.39. The topological polar surface area (TPSA) is 21.3 Å². The van der Waals surface area contributed by atoms with Crippen LogP contribution in [0.1, 0.15) is 56.2 Å². The molecule has 1 atom stereocenters. The van der Waals surface area contributed by atoms with Gasteiger partial charge in [-0.25, -0.2) is 0 Å². The summed E-state index contributed by atoms with van der Waals surface area (Å²) in [5, 5.41) is 3.60. The summed E-state index contributed by atoms with van der Waals surface area (Å²) in [7, 11) is 1.76. The molecule has 0 amide bonds. The summed E-state index contributed by atoms with van der Waals surface area (Å²) in [5.74, 6) is 1.59. The Hall–Kier alpha value is -1.02. The Balaban J connectivity index is 2.30. The number of piperidine rings is 1. The number of benzene rings is 1. The maximum atomic E-state index is 5.49. The van der Waals surface area contributed by atoms with Crippen LogP contribution in [-0.2, 0) is 0 Å². The second kappa shape index (κ2) is 5.54. The van der Waals surface area contributed by atoms with E-state index in [0.717, 1.165) is 12.3 Å². The molecule has 2 nitrogen and oxygen atoms in total. The summed E-state index contributed by atoms with van der Waals surface area (Å²) in [6, 6.07) is 7.07. The molecule has 1 aromatic carbocycles. The highest BCUT2D eigenvalue weighted by molar-refractivity contribution is 5.40. The SMILES string of the molecule is COc1ccc(C(C)C)cc1[C@@H]1CCCCN1. The molecule has 0 bridgehead atoms. The van der Waals surface area contributed by atoms with Gasteiger partial charge < -0.3 is 10.1 Å². The molecule has 2 rings (SSSR count). The normalized spacial score (nSPS) is 20.6. The molecule has 2 heteroatoms. The Labute approximate surface area is 104 Å². The fourth-order valence-corrected chi connectivity index (χ4v) is 2.50. The lowest BCUT2D eigenvalue weighted by atomic mass is 9.92. The van der Waals surface area contributed by atoms with Gasteiger partial charge in [0.05, 0.1) is 7.11 Å². The standard InChI is InChI=1S/C15H23NO/c1-11(2)12-7-8-15(17-3)13(10-12)14-6-4-5-9-16-14/h7-8,10-11,14,16H,4-6,9H2,1-3H3/t14-/m0/s1. The molecule has 1 N–H and O–H groups in total. The van der Waals surface area contributed by atoms with Gasteiger partial charge in [0, 0.05) is 11.6 Å². The molecule has 1 heterocycles. The summed E-state index contributed by atoms with van der Waals surface area (Å²) in [4.78, 5) is 0. The molecule has 1 aliphatic rings. The number of nitrogens with one attached hydrogen (secondary N) is 1. The second-order valence-electron chi connectivity index (χ2n) is 5.16. The van der Waals surface area contributed by atoms with Gasteiger partial charge in [0.15, 0.2) is 0 Å². The number of ether oxygens (including phenoxy) is 1. The van der Waals surface area contributed by atoms with E-state index < -0.39 is 0 Å². The van der Waals surface area contributed by atoms with Crippen LogP contribution in [0.25, 0.3) is 0 Å². The minimum atomic E-state index is 0.470. The first-order valence-electron chi connectivity index (χ1n) is 6.63. The van der Waals surface area contributed by atoms with E-state index in [1.165, 1.54) is 30.4 Å². The molecule has 0 radical (unpaired) electrons. The Morgan fingerprint density at radius 3 is 2.71 bits per heavy atom. The average molecular weight is 233 g/mol. The van der Waals surface area contributed by atoms with Crippen molar-refractivity contribution in [1.29, 1.82) is 0 Å². The number of hydrogen-bond donors (Lipinski definition) is 1. The summed E-state index contributed by atoms with van der Waals surface area (Å²) >= 11 is 0. The summed E-state index contributed by atoms with van der Waals surface area (Å²) in [5.41, 5.74) is 2.73. The van der Waals surface area contributed by atoms with E-state index in [9.17, 15) is 0 Å². The van der Waals surface area contributed by atoms with Crippen LogP contribution < -0.4 is 10.1 Å². The van der Waals surface area contributed by atoms with Crippen LogP contribution in [0.3, 0.4) is 0 Å². The molecule has 1 fully saturated rings. The van der Waals surface area contributed by atoms with Crippen molar-refractivity contribution < 1.29 is 4.74 Å². The van der Waals surface area contributed by atoms with Crippen molar-refractivity contribution in [2.75, 3.05) is 13.7 Å². The van der Waals surface area contributed by atoms with Gasteiger partial charge in [-0.15, -0.1) is 0 Å². The third kappa shape index (κ3) is 2.81. The Kier molecular flexibility index (Phi) is 4.06. The molecule has 94 valence electrons. The quantitative estimate of drug-likeness (QED) is 0.860. The zero-order chi connectivity index (χ0) is 12.3. The number of methoxy groups -OCH3 is 1. The van der Waals surface area contributed by atoms with Gasteiger partial charge in [-0.2, -0.15) is 0 Å². The molecule has 0 aromatic heterocycles. The van der Waals surface area contributed by atoms with Gasteiger partial charge in [-0.05, 0) is 36.9 Å². The minimum Gasteiger partial charge on any atom is -0.496 e. The van der Waals surface area contributed by atoms with Crippen molar-refractivity contribution in [2.24, 2.45) is 0 Å². The van der Waals surface area contributed by atoms with Crippen LogP contribution in [0.5, 0.6) is 5.75 Å². The molecule has 1 aromatic rings. The third-order valence-electron chi connectivity index (χ3n) is 3.61. The fourth-order valence-electron chi connectivity index (χ4n) is 2.50. The largest absolute Gasteiger partial charge is 0.496 e. The second-order valence-corrected chi connectivity index (χ2v) is 5.16. The highest BCUT2D eigenvalue weighted by Gasteiger charge is 2.19. The molecule has 0 saturated carbocycles. The van der Waals surface area contributed by atoms with Crippen molar-refractivity contribution in [1.82, 2.24) is 5.32 Å². The van der Waals surface area contributed by atoms with Crippen LogP contribution in [0, 0.1) is 0 Å². The van der Waals surface area contributed by atoms with Crippen LogP contribution >= 0.6 is 0 Å². The Bertz CT molecular complexity index is 367. The summed E-state index contributed by atoms with van der Waals surface area (Å²) < 4.78 is 5.49. The van der Waals surface area contributed by atoms with Gasteiger partial charge >= 0.3 is 0 Å². The lowest BCUT2D eigenvalue weighted by Crippen LogP contribution is -2.27. The maximum absolute atomic E-state index is 5.49. The lowest BCUT2D eigenvalue weighted by Gasteiger charge is -2.26. The van der Waals surface area contributed by atoms with Crippen molar-refractivity contribution in [3.63, 3.8) is 0 Å². The van der Waals surface area contributed by atoms with Crippen molar-refractivity contribution >= 4 is 0 Å². The molecule has 1 saturated heterocycles. The van der Waals surface area contributed by atoms with Crippen LogP contribution in [-0.4, -0.2) is 13.7 Å². The third-order valence-corrected chi connectivity index (χ3v) is 3.61. The van der Waals surface area contributed by atoms with Crippen molar-refractivity contribution in [3.05, 3.63) is 29.3 Å². The van der Waals surface area contributed by atoms with Gasteiger partial charge in [0.1, 0.15) is 5.75 Å². The summed E-state index contributed by atoms with van der Waals surface area (Å²) in [6.07, 6.45) is 3.83. The first-order chi connectivity index (χ1) is 8.22. The first-order valence-corrected chi connectivity index (χ1v) is 6.63. The smallest absolute Gasteiger partial charge is 0.123 e. The summed E-state index contributed by atoms with van der Waals surface area (Å²) in [6.45, 7) is 5.60. The van der Waals surface area contributed by atoms with Gasteiger partial charge in [-0.1, -0.05) is 32.4 Å². The van der Waals surface area contributed by atoms with Gasteiger partial charge in [-0.3, -0.25) is 0 Å². The fraction of sp³-hybridized carbons (Fsp3) is 0.600. The molecular weight excluding hydrogens is 210 g/mol. The molecule has 0 unspecified atom stereocenters. The number of rotatable bonds is 3. The van der Waals surface area contributed by atoms with Crippen LogP contribution in [0.2, 0.25) is 0 Å². The lowest BCUT2D eigenvalue weighted by molar-refractivity contribution is 0.373. The zero-order valence-electron chi connectivity index (χ0n) is 11.1. The van der Waals surface area contributed by atoms with E-state index in [4.69, 9.17) is 4.74 Å². The van der Waals surface area contributed by atoms with E-state index >= 15 is 0 Å². The van der Waals surface area contributed by atoms with Crippen LogP contribution in [0.4, 0.5) is 0 Å². The Morgan fingerprint density at radius 1 is 1.29 bits per heavy atom. The maximum Gasteiger partial charge on any atom is 0.123 e. The highest BCUT2D eigenvalue weighted by Crippen LogP contribution is 2.32. The van der Waals surface area contributed by atoms with Crippen molar-refractivity contribution in [3.8, 4) is 5.75 Å². The van der Waals surface area contributed by atoms with Gasteiger partial charge in [0.2, 0.25) is 0 Å². The molecule has 1 aliphatic heterocycles. The molecular formula is C15H23NO. The molecule has 0 spiro atoms. The highest BCUT2D eigenvalue weighted by atomic mass is 16.5. The van der Waals surface area contributed by atoms with Crippen LogP contribution in [0.15, 0.2) is 18.2 Å². The Morgan fingerprint density at radius 2 is 2.12 bits per heavy atom. The van der Waals surface area contributed by atoms with Gasteiger partial charge in [0.25, 0.3) is 0 Å². The van der Waals surface area contributed by atoms with E-state index in [-0.39, 0.29) is 0 Å². The monoisotopic (exact) mass is 233 g/mol. The molecule has 17 heavy (non-hydrogen) atoms. The predicted octanol–water partition coefficient (Wildman–Crippen LogP) is 3.63.